The van der Waals surface area contributed by atoms with Crippen molar-refractivity contribution in [2.45, 2.75) is 25.6 Å². The van der Waals surface area contributed by atoms with E-state index in [0.717, 1.165) is 61.7 Å². The number of nitrogens with one attached hydrogen (secondary N) is 2. The smallest absolute Gasteiger partial charge is 0.316 e. The summed E-state index contributed by atoms with van der Waals surface area (Å²) in [5, 5.41) is 10.5. The number of halogens is 3. The molecule has 2 aliphatic rings. The van der Waals surface area contributed by atoms with E-state index in [0.29, 0.717) is 5.41 Å². The summed E-state index contributed by atoms with van der Waals surface area (Å²) in [6.45, 7) is 5.07. The van der Waals surface area contributed by atoms with Crippen LogP contribution in [0.15, 0.2) is 30.5 Å². The van der Waals surface area contributed by atoms with Gasteiger partial charge in [-0.25, -0.2) is 0 Å². The number of hydrogen-bond acceptors (Lipinski definition) is 3. The average Bonchev–Trinajstić information content (AvgIpc) is 3.30. The molecule has 2 aromatic rings. The first-order chi connectivity index (χ1) is 12.0. The number of likely N-dealkylation sites (tertiary alicyclic amines) is 1. The minimum absolute atomic E-state index is 0.401. The number of benzene rings is 1. The molecule has 2 N–H and O–H groups in total. The van der Waals surface area contributed by atoms with Gasteiger partial charge < -0.3 is 5.32 Å². The summed E-state index contributed by atoms with van der Waals surface area (Å²) >= 11 is 0. The van der Waals surface area contributed by atoms with Crippen LogP contribution in [0.25, 0.3) is 11.3 Å². The summed E-state index contributed by atoms with van der Waals surface area (Å²) in [4.78, 5) is 2.42. The molecule has 2 fully saturated rings. The topological polar surface area (TPSA) is 44.0 Å². The zero-order valence-electron chi connectivity index (χ0n) is 13.9. The third-order valence-corrected chi connectivity index (χ3v) is 5.46. The molecule has 0 bridgehead atoms. The zero-order valence-corrected chi connectivity index (χ0v) is 13.9. The SMILES string of the molecule is FC(F)(F)c1ccc(-c2[nH]ncc2CN2CCC3(CCNC3)C2)cc1. The Balaban J connectivity index is 1.49. The predicted octanol–water partition coefficient (Wildman–Crippen LogP) is 3.28. The Morgan fingerprint density at radius 3 is 2.64 bits per heavy atom. The minimum atomic E-state index is -4.31. The molecule has 1 atom stereocenters. The number of alkyl halides is 3. The number of rotatable bonds is 3. The molecule has 1 spiro atoms. The van der Waals surface area contributed by atoms with Gasteiger partial charge in [0.2, 0.25) is 0 Å². The van der Waals surface area contributed by atoms with E-state index in [4.69, 9.17) is 0 Å². The van der Waals surface area contributed by atoms with Gasteiger partial charge in [-0.2, -0.15) is 18.3 Å². The lowest BCUT2D eigenvalue weighted by atomic mass is 9.86. The molecule has 0 aliphatic carbocycles. The van der Waals surface area contributed by atoms with E-state index in [1.165, 1.54) is 25.0 Å². The Kier molecular flexibility index (Phi) is 4.08. The summed E-state index contributed by atoms with van der Waals surface area (Å²) in [7, 11) is 0. The maximum atomic E-state index is 12.7. The molecule has 134 valence electrons. The standard InChI is InChI=1S/C18H21F3N4/c19-18(20,21)15-3-1-13(2-4-15)16-14(9-23-24-16)10-25-8-6-17(12-25)5-7-22-11-17/h1-4,9,22H,5-8,10-12H2,(H,23,24). The minimum Gasteiger partial charge on any atom is -0.316 e. The summed E-state index contributed by atoms with van der Waals surface area (Å²) in [6, 6.07) is 5.25. The molecule has 1 aromatic carbocycles. The van der Waals surface area contributed by atoms with Crippen molar-refractivity contribution in [1.29, 1.82) is 0 Å². The van der Waals surface area contributed by atoms with Gasteiger partial charge >= 0.3 is 6.18 Å². The van der Waals surface area contributed by atoms with Gasteiger partial charge in [0.1, 0.15) is 0 Å². The van der Waals surface area contributed by atoms with Crippen LogP contribution in [0.5, 0.6) is 0 Å². The zero-order chi connectivity index (χ0) is 17.5. The molecule has 3 heterocycles. The van der Waals surface area contributed by atoms with Gasteiger partial charge in [0.25, 0.3) is 0 Å². The first kappa shape index (κ1) is 16.6. The first-order valence-corrected chi connectivity index (χ1v) is 8.58. The average molecular weight is 350 g/mol. The highest BCUT2D eigenvalue weighted by Crippen LogP contribution is 2.37. The van der Waals surface area contributed by atoms with Crippen LogP contribution in [0.4, 0.5) is 13.2 Å². The van der Waals surface area contributed by atoms with Gasteiger partial charge in [0, 0.05) is 25.2 Å². The van der Waals surface area contributed by atoms with E-state index < -0.39 is 11.7 Å². The van der Waals surface area contributed by atoms with Crippen molar-refractivity contribution in [3.8, 4) is 11.3 Å². The van der Waals surface area contributed by atoms with Gasteiger partial charge in [-0.3, -0.25) is 10.00 Å². The molecule has 0 amide bonds. The highest BCUT2D eigenvalue weighted by Gasteiger charge is 2.40. The first-order valence-electron chi connectivity index (χ1n) is 8.58. The quantitative estimate of drug-likeness (QED) is 0.893. The number of aromatic amines is 1. The number of nitrogens with zero attached hydrogens (tertiary/aromatic N) is 2. The van der Waals surface area contributed by atoms with E-state index >= 15 is 0 Å². The molecule has 2 saturated heterocycles. The third kappa shape index (κ3) is 3.30. The Bertz CT molecular complexity index is 730. The Morgan fingerprint density at radius 1 is 1.16 bits per heavy atom. The fourth-order valence-corrected chi connectivity index (χ4v) is 4.05. The molecule has 1 aromatic heterocycles. The molecule has 0 radical (unpaired) electrons. The van der Waals surface area contributed by atoms with Crippen molar-refractivity contribution in [1.82, 2.24) is 20.4 Å². The van der Waals surface area contributed by atoms with Crippen LogP contribution < -0.4 is 5.32 Å². The second-order valence-electron chi connectivity index (χ2n) is 7.23. The van der Waals surface area contributed by atoms with Gasteiger partial charge in [0.05, 0.1) is 17.5 Å². The van der Waals surface area contributed by atoms with Crippen LogP contribution in [-0.2, 0) is 12.7 Å². The Hall–Kier alpha value is -1.86. The van der Waals surface area contributed by atoms with Crippen molar-refractivity contribution < 1.29 is 13.2 Å². The van der Waals surface area contributed by atoms with Gasteiger partial charge in [0.15, 0.2) is 0 Å². The molecule has 4 rings (SSSR count). The lowest BCUT2D eigenvalue weighted by Gasteiger charge is -2.22. The Morgan fingerprint density at radius 2 is 1.96 bits per heavy atom. The number of H-pyrrole nitrogens is 1. The largest absolute Gasteiger partial charge is 0.416 e. The lowest BCUT2D eigenvalue weighted by molar-refractivity contribution is -0.137. The van der Waals surface area contributed by atoms with E-state index in [1.54, 1.807) is 6.20 Å². The van der Waals surface area contributed by atoms with Crippen LogP contribution in [0.3, 0.4) is 0 Å². The van der Waals surface area contributed by atoms with Crippen molar-refractivity contribution in [3.05, 3.63) is 41.6 Å². The fourth-order valence-electron chi connectivity index (χ4n) is 4.05. The van der Waals surface area contributed by atoms with Crippen LogP contribution in [0.1, 0.15) is 24.0 Å². The predicted molar refractivity (Wildman–Crippen MR) is 88.8 cm³/mol. The van der Waals surface area contributed by atoms with Gasteiger partial charge in [-0.05, 0) is 49.0 Å². The van der Waals surface area contributed by atoms with Crippen LogP contribution in [0.2, 0.25) is 0 Å². The highest BCUT2D eigenvalue weighted by molar-refractivity contribution is 5.63. The monoisotopic (exact) mass is 350 g/mol. The highest BCUT2D eigenvalue weighted by atomic mass is 19.4. The second-order valence-corrected chi connectivity index (χ2v) is 7.23. The van der Waals surface area contributed by atoms with Crippen LogP contribution in [0, 0.1) is 5.41 Å². The molecule has 2 aliphatic heterocycles. The van der Waals surface area contributed by atoms with Gasteiger partial charge in [-0.15, -0.1) is 0 Å². The Labute approximate surface area is 144 Å². The molecule has 25 heavy (non-hydrogen) atoms. The van der Waals surface area contributed by atoms with E-state index in [2.05, 4.69) is 20.4 Å². The molecule has 4 nitrogen and oxygen atoms in total. The molecule has 0 saturated carbocycles. The van der Waals surface area contributed by atoms with E-state index in [9.17, 15) is 13.2 Å². The summed E-state index contributed by atoms with van der Waals surface area (Å²) in [5.74, 6) is 0. The molecular weight excluding hydrogens is 329 g/mol. The number of aromatic nitrogens is 2. The van der Waals surface area contributed by atoms with Crippen molar-refractivity contribution >= 4 is 0 Å². The van der Waals surface area contributed by atoms with Crippen molar-refractivity contribution in [2.24, 2.45) is 5.41 Å². The van der Waals surface area contributed by atoms with E-state index in [1.807, 2.05) is 0 Å². The second kappa shape index (κ2) is 6.14. The van der Waals surface area contributed by atoms with Crippen LogP contribution >= 0.6 is 0 Å². The number of hydrogen-bond donors (Lipinski definition) is 2. The maximum absolute atomic E-state index is 12.7. The molecule has 1 unspecified atom stereocenters. The van der Waals surface area contributed by atoms with Crippen LogP contribution in [-0.4, -0.2) is 41.3 Å². The van der Waals surface area contributed by atoms with Crippen molar-refractivity contribution in [2.75, 3.05) is 26.2 Å². The molecule has 7 heteroatoms. The third-order valence-electron chi connectivity index (χ3n) is 5.46. The molecular formula is C18H21F3N4. The van der Waals surface area contributed by atoms with Crippen molar-refractivity contribution in [3.63, 3.8) is 0 Å². The van der Waals surface area contributed by atoms with E-state index in [-0.39, 0.29) is 0 Å². The maximum Gasteiger partial charge on any atom is 0.416 e. The normalized spacial score (nSPS) is 24.4. The summed E-state index contributed by atoms with van der Waals surface area (Å²) in [6.07, 6.45) is -0.104. The lowest BCUT2D eigenvalue weighted by Crippen LogP contribution is -2.28. The summed E-state index contributed by atoms with van der Waals surface area (Å²) in [5.41, 5.74) is 2.34. The fraction of sp³-hybridized carbons (Fsp3) is 0.500. The van der Waals surface area contributed by atoms with Gasteiger partial charge in [-0.1, -0.05) is 12.1 Å². The summed E-state index contributed by atoms with van der Waals surface area (Å²) < 4.78 is 38.2.